The second-order valence-corrected chi connectivity index (χ2v) is 1.90. The van der Waals surface area contributed by atoms with E-state index in [1.54, 1.807) is 5.32 Å². The molecule has 0 aromatic heterocycles. The average molecular weight is 171 g/mol. The Bertz CT molecular complexity index is 234. The lowest BCUT2D eigenvalue weighted by atomic mass is 10.4. The quantitative estimate of drug-likeness (QED) is 0.455. The van der Waals surface area contributed by atoms with Gasteiger partial charge in [0.1, 0.15) is 0 Å². The van der Waals surface area contributed by atoms with Crippen molar-refractivity contribution in [1.82, 2.24) is 10.6 Å². The second kappa shape index (κ2) is 4.89. The molecule has 0 aromatic rings. The molecule has 0 spiro atoms. The molecule has 0 fully saturated rings. The third kappa shape index (κ3) is 4.98. The van der Waals surface area contributed by atoms with Crippen LogP contribution in [0.2, 0.25) is 0 Å². The maximum absolute atomic E-state index is 10.6. The van der Waals surface area contributed by atoms with E-state index in [1.807, 2.05) is 0 Å². The van der Waals surface area contributed by atoms with E-state index in [-0.39, 0.29) is 0 Å². The summed E-state index contributed by atoms with van der Waals surface area (Å²) in [5.74, 6) is 0. The van der Waals surface area contributed by atoms with Crippen molar-refractivity contribution in [3.05, 3.63) is 11.8 Å². The van der Waals surface area contributed by atoms with Crippen LogP contribution >= 0.6 is 0 Å². The lowest BCUT2D eigenvalue weighted by Gasteiger charge is -2.02. The maximum Gasteiger partial charge on any atom is 0.412 e. The van der Waals surface area contributed by atoms with E-state index in [0.29, 0.717) is 5.70 Å². The van der Waals surface area contributed by atoms with Crippen molar-refractivity contribution in [2.45, 2.75) is 6.92 Å². The third-order valence-electron chi connectivity index (χ3n) is 0.864. The van der Waals surface area contributed by atoms with Crippen LogP contribution in [0, 0.1) is 5.41 Å². The number of hydrogen-bond acceptors (Lipinski definition) is 3. The van der Waals surface area contributed by atoms with E-state index < -0.39 is 12.1 Å². The highest BCUT2D eigenvalue weighted by atomic mass is 16.4. The molecule has 0 atom stereocenters. The van der Waals surface area contributed by atoms with Gasteiger partial charge in [-0.05, 0) is 13.0 Å². The maximum atomic E-state index is 10.6. The van der Waals surface area contributed by atoms with Crippen LogP contribution in [-0.2, 0) is 0 Å². The Morgan fingerprint density at radius 2 is 2.00 bits per heavy atom. The minimum absolute atomic E-state index is 0.392. The molecular weight excluding hydrogens is 162 g/mol. The summed E-state index contributed by atoms with van der Waals surface area (Å²) < 4.78 is 0. The van der Waals surface area contributed by atoms with Gasteiger partial charge in [-0.25, -0.2) is 14.9 Å². The van der Waals surface area contributed by atoms with E-state index in [4.69, 9.17) is 10.5 Å². The van der Waals surface area contributed by atoms with Gasteiger partial charge in [0.05, 0.1) is 0 Å². The number of carbonyl (C=O) groups excluding carboxylic acids is 1. The Hall–Kier alpha value is -1.85. The predicted molar refractivity (Wildman–Crippen MR) is 42.2 cm³/mol. The van der Waals surface area contributed by atoms with Crippen molar-refractivity contribution in [2.24, 2.45) is 0 Å². The first-order valence-electron chi connectivity index (χ1n) is 3.04. The molecule has 0 heterocycles. The summed E-state index contributed by atoms with van der Waals surface area (Å²) >= 11 is 0. The average Bonchev–Trinajstić information content (AvgIpc) is 1.84. The van der Waals surface area contributed by atoms with Crippen LogP contribution in [-0.4, -0.2) is 23.4 Å². The summed E-state index contributed by atoms with van der Waals surface area (Å²) in [5.41, 5.74) is 0.392. The summed E-state index contributed by atoms with van der Waals surface area (Å²) in [6.07, 6.45) is 0.882. The zero-order valence-electron chi connectivity index (χ0n) is 6.42. The van der Waals surface area contributed by atoms with Gasteiger partial charge in [-0.2, -0.15) is 0 Å². The lowest BCUT2D eigenvalue weighted by Crippen LogP contribution is -2.37. The molecule has 3 amide bonds. The number of nitrogens with one attached hydrogen (secondary N) is 3. The number of rotatable bonds is 2. The number of imide groups is 1. The van der Waals surface area contributed by atoms with Crippen LogP contribution < -0.4 is 10.6 Å². The summed E-state index contributed by atoms with van der Waals surface area (Å²) in [6, 6.07) is -0.835. The summed E-state index contributed by atoms with van der Waals surface area (Å²) in [5, 5.41) is 18.5. The number of allylic oxidation sites excluding steroid dienone is 2. The number of hydrogen-bond donors (Lipinski definition) is 4. The molecule has 6 nitrogen and oxygen atoms in total. The molecule has 0 aliphatic carbocycles. The van der Waals surface area contributed by atoms with Crippen LogP contribution in [0.5, 0.6) is 0 Å². The summed E-state index contributed by atoms with van der Waals surface area (Å²) in [7, 11) is 0. The van der Waals surface area contributed by atoms with Crippen molar-refractivity contribution in [3.63, 3.8) is 0 Å². The van der Waals surface area contributed by atoms with Gasteiger partial charge in [-0.15, -0.1) is 0 Å². The molecule has 4 N–H and O–H groups in total. The molecule has 0 aliphatic rings. The minimum Gasteiger partial charge on any atom is -0.465 e. The molecule has 6 heteroatoms. The second-order valence-electron chi connectivity index (χ2n) is 1.90. The van der Waals surface area contributed by atoms with Gasteiger partial charge in [0.25, 0.3) is 0 Å². The highest BCUT2D eigenvalue weighted by molar-refractivity contribution is 5.90. The SMILES string of the molecule is CC(=CC=N)NC(=O)NC(=O)O. The molecule has 0 bridgehead atoms. The van der Waals surface area contributed by atoms with Gasteiger partial charge >= 0.3 is 12.1 Å². The molecule has 0 aromatic carbocycles. The van der Waals surface area contributed by atoms with Gasteiger partial charge in [0.15, 0.2) is 0 Å². The lowest BCUT2D eigenvalue weighted by molar-refractivity contribution is 0.192. The van der Waals surface area contributed by atoms with Crippen LogP contribution in [0.15, 0.2) is 11.8 Å². The predicted octanol–water partition coefficient (Wildman–Crippen LogP) is 0.517. The van der Waals surface area contributed by atoms with Gasteiger partial charge in [0.2, 0.25) is 0 Å². The van der Waals surface area contributed by atoms with Crippen molar-refractivity contribution in [2.75, 3.05) is 0 Å². The number of amides is 3. The fourth-order valence-electron chi connectivity index (χ4n) is 0.474. The van der Waals surface area contributed by atoms with Crippen molar-refractivity contribution in [1.29, 1.82) is 5.41 Å². The fourth-order valence-corrected chi connectivity index (χ4v) is 0.474. The molecule has 12 heavy (non-hydrogen) atoms. The van der Waals surface area contributed by atoms with Gasteiger partial charge < -0.3 is 15.8 Å². The molecule has 0 rings (SSSR count). The van der Waals surface area contributed by atoms with Crippen LogP contribution in [0.4, 0.5) is 9.59 Å². The van der Waals surface area contributed by atoms with Crippen LogP contribution in [0.25, 0.3) is 0 Å². The molecule has 66 valence electrons. The smallest absolute Gasteiger partial charge is 0.412 e. The van der Waals surface area contributed by atoms with Crippen molar-refractivity contribution >= 4 is 18.3 Å². The van der Waals surface area contributed by atoms with Gasteiger partial charge in [-0.1, -0.05) is 0 Å². The molecule has 0 aliphatic heterocycles. The Morgan fingerprint density at radius 3 is 2.42 bits per heavy atom. The first-order valence-corrected chi connectivity index (χ1v) is 3.04. The van der Waals surface area contributed by atoms with Gasteiger partial charge in [0, 0.05) is 11.9 Å². The molecule has 0 saturated carbocycles. The Labute approximate surface area is 68.8 Å². The van der Waals surface area contributed by atoms with E-state index in [2.05, 4.69) is 5.32 Å². The molecule has 0 radical (unpaired) electrons. The summed E-state index contributed by atoms with van der Waals surface area (Å²) in [4.78, 5) is 20.5. The van der Waals surface area contributed by atoms with Crippen LogP contribution in [0.3, 0.4) is 0 Å². The van der Waals surface area contributed by atoms with E-state index in [1.165, 1.54) is 13.0 Å². The normalized spacial score (nSPS) is 10.2. The summed E-state index contributed by atoms with van der Waals surface area (Å²) in [6.45, 7) is 1.53. The topological polar surface area (TPSA) is 102 Å². The molecular formula is C6H9N3O3. The van der Waals surface area contributed by atoms with E-state index in [0.717, 1.165) is 6.21 Å². The standard InChI is InChI=1S/C6H9N3O3/c1-4(2-3-7)8-5(10)9-6(11)12/h2-3,7H,1H3,(H,11,12)(H2,8,9,10). The first kappa shape index (κ1) is 10.2. The van der Waals surface area contributed by atoms with Crippen molar-refractivity contribution in [3.8, 4) is 0 Å². The Morgan fingerprint density at radius 1 is 1.42 bits per heavy atom. The third-order valence-corrected chi connectivity index (χ3v) is 0.864. The fraction of sp³-hybridized carbons (Fsp3) is 0.167. The highest BCUT2D eigenvalue weighted by Crippen LogP contribution is 1.82. The Balaban J connectivity index is 3.92. The van der Waals surface area contributed by atoms with Gasteiger partial charge in [-0.3, -0.25) is 0 Å². The van der Waals surface area contributed by atoms with Crippen LogP contribution in [0.1, 0.15) is 6.92 Å². The van der Waals surface area contributed by atoms with Crippen molar-refractivity contribution < 1.29 is 14.7 Å². The van der Waals surface area contributed by atoms with E-state index in [9.17, 15) is 9.59 Å². The first-order chi connectivity index (χ1) is 5.56. The number of carboxylic acid groups (broad SMARTS) is 1. The van der Waals surface area contributed by atoms with E-state index >= 15 is 0 Å². The molecule has 0 saturated heterocycles. The number of urea groups is 1. The largest absolute Gasteiger partial charge is 0.465 e. The highest BCUT2D eigenvalue weighted by Gasteiger charge is 2.03. The molecule has 0 unspecified atom stereocenters. The Kier molecular flexibility index (Phi) is 4.13. The minimum atomic E-state index is -1.42. The number of carbonyl (C=O) groups is 2. The zero-order chi connectivity index (χ0) is 9.56. The monoisotopic (exact) mass is 171 g/mol. The zero-order valence-corrected chi connectivity index (χ0v) is 6.42.